The number of nitrogens with zero attached hydrogens (tertiary/aromatic N) is 1. The first-order chi connectivity index (χ1) is 12.9. The molecule has 0 saturated carbocycles. The van der Waals surface area contributed by atoms with E-state index in [0.29, 0.717) is 6.54 Å². The van der Waals surface area contributed by atoms with E-state index in [1.165, 1.54) is 4.90 Å². The highest BCUT2D eigenvalue weighted by atomic mass is 16.6. The van der Waals surface area contributed by atoms with Crippen molar-refractivity contribution in [2.45, 2.75) is 19.6 Å². The predicted octanol–water partition coefficient (Wildman–Crippen LogP) is 2.94. The van der Waals surface area contributed by atoms with Crippen LogP contribution in [-0.4, -0.2) is 50.3 Å². The summed E-state index contributed by atoms with van der Waals surface area (Å²) in [6.45, 7) is 5.43. The Balaban J connectivity index is 1.91. The molecule has 0 aromatic heterocycles. The second-order valence-electron chi connectivity index (χ2n) is 6.17. The molecule has 0 radical (unpaired) electrons. The van der Waals surface area contributed by atoms with Crippen molar-refractivity contribution in [2.75, 3.05) is 27.4 Å². The van der Waals surface area contributed by atoms with Gasteiger partial charge in [-0.2, -0.15) is 0 Å². The van der Waals surface area contributed by atoms with E-state index in [0.717, 1.165) is 22.1 Å². The molecule has 2 aromatic rings. The summed E-state index contributed by atoms with van der Waals surface area (Å²) in [6.07, 6.45) is 0.807. The molecule has 1 unspecified atom stereocenters. The molecule has 1 atom stereocenters. The maximum atomic E-state index is 12.2. The Morgan fingerprint density at radius 2 is 1.89 bits per heavy atom. The molecule has 2 aromatic carbocycles. The van der Waals surface area contributed by atoms with Crippen LogP contribution in [0.2, 0.25) is 0 Å². The zero-order valence-electron chi connectivity index (χ0n) is 15.9. The maximum Gasteiger partial charge on any atom is 0.335 e. The third-order valence-corrected chi connectivity index (χ3v) is 4.09. The number of methoxy groups -OCH3 is 1. The highest BCUT2D eigenvalue weighted by molar-refractivity contribution is 5.85. The number of carbonyl (C=O) groups excluding carboxylic acids is 2. The Kier molecular flexibility index (Phi) is 7.37. The van der Waals surface area contributed by atoms with E-state index in [1.54, 1.807) is 27.2 Å². The molecule has 0 N–H and O–H groups in total. The Bertz CT molecular complexity index is 817. The summed E-state index contributed by atoms with van der Waals surface area (Å²) in [7, 11) is 3.31. The van der Waals surface area contributed by atoms with Gasteiger partial charge in [0.25, 0.3) is 5.91 Å². The van der Waals surface area contributed by atoms with Crippen molar-refractivity contribution in [3.05, 3.63) is 54.6 Å². The Hall–Kier alpha value is -2.86. The molecular weight excluding hydrogens is 346 g/mol. The van der Waals surface area contributed by atoms with Crippen molar-refractivity contribution in [3.8, 4) is 5.75 Å². The topological polar surface area (TPSA) is 65.1 Å². The lowest BCUT2D eigenvalue weighted by Crippen LogP contribution is -2.33. The molecule has 0 heterocycles. The highest BCUT2D eigenvalue weighted by Gasteiger charge is 2.18. The smallest absolute Gasteiger partial charge is 0.335 e. The number of esters is 1. The lowest BCUT2D eigenvalue weighted by molar-refractivity contribution is -0.160. The van der Waals surface area contributed by atoms with Crippen molar-refractivity contribution in [2.24, 2.45) is 0 Å². The van der Waals surface area contributed by atoms with E-state index in [4.69, 9.17) is 14.2 Å². The van der Waals surface area contributed by atoms with Gasteiger partial charge in [0.2, 0.25) is 0 Å². The number of ether oxygens (including phenoxy) is 3. The summed E-state index contributed by atoms with van der Waals surface area (Å²) in [5, 5.41) is 2.13. The van der Waals surface area contributed by atoms with E-state index >= 15 is 0 Å². The van der Waals surface area contributed by atoms with Gasteiger partial charge in [-0.05, 0) is 41.5 Å². The molecule has 6 heteroatoms. The first-order valence-corrected chi connectivity index (χ1v) is 8.64. The number of likely N-dealkylation sites (N-methyl/N-ethyl adjacent to an activating group) is 1. The lowest BCUT2D eigenvalue weighted by Gasteiger charge is -2.18. The molecule has 0 saturated heterocycles. The fourth-order valence-electron chi connectivity index (χ4n) is 2.50. The number of fused-ring (bicyclic) bond motifs is 1. The van der Waals surface area contributed by atoms with Crippen LogP contribution in [0.1, 0.15) is 12.5 Å². The molecule has 27 heavy (non-hydrogen) atoms. The van der Waals surface area contributed by atoms with Crippen LogP contribution in [0.4, 0.5) is 0 Å². The monoisotopic (exact) mass is 371 g/mol. The standard InChI is InChI=1S/C21H25NO5/c1-5-10-26-15(2)21(24)27-14-20(23)22(3)13-16-6-7-18-12-19(25-4)9-8-17(18)11-16/h5-9,11-12,15H,1,10,13-14H2,2-4H3. The minimum atomic E-state index is -0.737. The van der Waals surface area contributed by atoms with Crippen LogP contribution in [0.25, 0.3) is 10.8 Å². The molecule has 144 valence electrons. The van der Waals surface area contributed by atoms with E-state index in [9.17, 15) is 9.59 Å². The average Bonchev–Trinajstić information content (AvgIpc) is 2.69. The van der Waals surface area contributed by atoms with Crippen LogP contribution >= 0.6 is 0 Å². The highest BCUT2D eigenvalue weighted by Crippen LogP contribution is 2.22. The predicted molar refractivity (Wildman–Crippen MR) is 104 cm³/mol. The maximum absolute atomic E-state index is 12.2. The first kappa shape index (κ1) is 20.5. The average molecular weight is 371 g/mol. The van der Waals surface area contributed by atoms with Gasteiger partial charge in [-0.3, -0.25) is 4.79 Å². The Labute approximate surface area is 159 Å². The molecule has 6 nitrogen and oxygen atoms in total. The van der Waals surface area contributed by atoms with Crippen LogP contribution in [0.15, 0.2) is 49.1 Å². The Morgan fingerprint density at radius 3 is 2.59 bits per heavy atom. The Morgan fingerprint density at radius 1 is 1.19 bits per heavy atom. The van der Waals surface area contributed by atoms with Crippen LogP contribution in [0.3, 0.4) is 0 Å². The number of hydrogen-bond acceptors (Lipinski definition) is 5. The fourth-order valence-corrected chi connectivity index (χ4v) is 2.50. The summed E-state index contributed by atoms with van der Waals surface area (Å²) in [4.78, 5) is 25.5. The van der Waals surface area contributed by atoms with E-state index < -0.39 is 12.1 Å². The minimum Gasteiger partial charge on any atom is -0.497 e. The van der Waals surface area contributed by atoms with Crippen molar-refractivity contribution < 1.29 is 23.8 Å². The van der Waals surface area contributed by atoms with Crippen LogP contribution in [-0.2, 0) is 25.6 Å². The van der Waals surface area contributed by atoms with Crippen molar-refractivity contribution in [1.82, 2.24) is 4.90 Å². The zero-order valence-corrected chi connectivity index (χ0v) is 15.9. The number of rotatable bonds is 9. The third kappa shape index (κ3) is 5.82. The van der Waals surface area contributed by atoms with Gasteiger partial charge in [-0.15, -0.1) is 6.58 Å². The molecular formula is C21H25NO5. The van der Waals surface area contributed by atoms with Crippen LogP contribution < -0.4 is 4.74 Å². The van der Waals surface area contributed by atoms with Crippen LogP contribution in [0.5, 0.6) is 5.75 Å². The minimum absolute atomic E-state index is 0.248. The van der Waals surface area contributed by atoms with Gasteiger partial charge < -0.3 is 19.1 Å². The number of amides is 1. The van der Waals surface area contributed by atoms with Gasteiger partial charge in [-0.25, -0.2) is 4.79 Å². The van der Waals surface area contributed by atoms with Gasteiger partial charge in [0, 0.05) is 13.6 Å². The van der Waals surface area contributed by atoms with E-state index in [1.807, 2.05) is 36.4 Å². The zero-order chi connectivity index (χ0) is 19.8. The van der Waals surface area contributed by atoms with Gasteiger partial charge in [0.05, 0.1) is 13.7 Å². The quantitative estimate of drug-likeness (QED) is 0.501. The molecule has 0 fully saturated rings. The summed E-state index contributed by atoms with van der Waals surface area (Å²) in [5.41, 5.74) is 0.984. The van der Waals surface area contributed by atoms with Crippen molar-refractivity contribution in [3.63, 3.8) is 0 Å². The normalized spacial score (nSPS) is 11.7. The number of benzene rings is 2. The van der Waals surface area contributed by atoms with Gasteiger partial charge in [-0.1, -0.05) is 24.3 Å². The van der Waals surface area contributed by atoms with Gasteiger partial charge in [0.1, 0.15) is 5.75 Å². The van der Waals surface area contributed by atoms with E-state index in [-0.39, 0.29) is 19.1 Å². The van der Waals surface area contributed by atoms with Crippen molar-refractivity contribution >= 4 is 22.6 Å². The molecule has 2 rings (SSSR count). The molecule has 1 amide bonds. The SMILES string of the molecule is C=CCOC(C)C(=O)OCC(=O)N(C)Cc1ccc2cc(OC)ccc2c1. The van der Waals surface area contributed by atoms with E-state index in [2.05, 4.69) is 6.58 Å². The summed E-state index contributed by atoms with van der Waals surface area (Å²) >= 11 is 0. The fraction of sp³-hybridized carbons (Fsp3) is 0.333. The van der Waals surface area contributed by atoms with Crippen molar-refractivity contribution in [1.29, 1.82) is 0 Å². The third-order valence-electron chi connectivity index (χ3n) is 4.09. The molecule has 0 aliphatic heterocycles. The molecule has 0 aliphatic rings. The summed E-state index contributed by atoms with van der Waals surface area (Å²) in [5.74, 6) is -0.0528. The second kappa shape index (κ2) is 9.73. The lowest BCUT2D eigenvalue weighted by atomic mass is 10.1. The summed E-state index contributed by atoms with van der Waals surface area (Å²) in [6, 6.07) is 11.8. The number of carbonyl (C=O) groups is 2. The number of hydrogen-bond donors (Lipinski definition) is 0. The molecule has 0 aliphatic carbocycles. The largest absolute Gasteiger partial charge is 0.497 e. The van der Waals surface area contributed by atoms with Gasteiger partial charge in [0.15, 0.2) is 12.7 Å². The first-order valence-electron chi connectivity index (χ1n) is 8.64. The molecule has 0 bridgehead atoms. The van der Waals surface area contributed by atoms with Crippen LogP contribution in [0, 0.1) is 0 Å². The molecule has 0 spiro atoms. The second-order valence-corrected chi connectivity index (χ2v) is 6.17. The van der Waals surface area contributed by atoms with Gasteiger partial charge >= 0.3 is 5.97 Å². The summed E-state index contributed by atoms with van der Waals surface area (Å²) < 4.78 is 15.4.